The van der Waals surface area contributed by atoms with Crippen molar-refractivity contribution in [3.63, 3.8) is 0 Å². The fourth-order valence-corrected chi connectivity index (χ4v) is 1.97. The lowest BCUT2D eigenvalue weighted by Crippen LogP contribution is -1.91. The van der Waals surface area contributed by atoms with Gasteiger partial charge in [0.15, 0.2) is 11.0 Å². The number of nitrogens with zero attached hydrogens (tertiary/aromatic N) is 3. The summed E-state index contributed by atoms with van der Waals surface area (Å²) >= 11 is 5.81. The van der Waals surface area contributed by atoms with Gasteiger partial charge in [-0.15, -0.1) is 5.10 Å². The second kappa shape index (κ2) is 5.16. The molecule has 0 unspecified atom stereocenters. The fraction of sp³-hybridized carbons (Fsp3) is 0. The molecule has 3 rings (SSSR count). The van der Waals surface area contributed by atoms with Crippen LogP contribution >= 0.6 is 11.6 Å². The Hall–Kier alpha value is -2.26. The molecule has 0 amide bonds. The molecular formula is C15H10ClN3. The molecule has 0 bridgehead atoms. The molecule has 0 fully saturated rings. The summed E-state index contributed by atoms with van der Waals surface area (Å²) in [6.45, 7) is 0. The Morgan fingerprint density at radius 1 is 0.737 bits per heavy atom. The zero-order valence-corrected chi connectivity index (χ0v) is 10.7. The maximum Gasteiger partial charge on any atom is 0.183 e. The molecule has 0 saturated heterocycles. The molecule has 1 aromatic heterocycles. The van der Waals surface area contributed by atoms with Gasteiger partial charge >= 0.3 is 0 Å². The van der Waals surface area contributed by atoms with E-state index in [1.165, 1.54) is 11.8 Å². The second-order valence-electron chi connectivity index (χ2n) is 4.05. The Morgan fingerprint density at radius 3 is 2.05 bits per heavy atom. The van der Waals surface area contributed by atoms with Crippen LogP contribution in [0.1, 0.15) is 0 Å². The van der Waals surface area contributed by atoms with Crippen molar-refractivity contribution in [1.82, 2.24) is 15.2 Å². The first kappa shape index (κ1) is 11.8. The monoisotopic (exact) mass is 267 g/mol. The van der Waals surface area contributed by atoms with E-state index in [2.05, 4.69) is 27.3 Å². The van der Waals surface area contributed by atoms with E-state index in [9.17, 15) is 0 Å². The van der Waals surface area contributed by atoms with Gasteiger partial charge in [-0.3, -0.25) is 0 Å². The lowest BCUT2D eigenvalue weighted by molar-refractivity contribution is 0.980. The van der Waals surface area contributed by atoms with Crippen LogP contribution < -0.4 is 0 Å². The van der Waals surface area contributed by atoms with Gasteiger partial charge in [0.25, 0.3) is 0 Å². The highest BCUT2D eigenvalue weighted by molar-refractivity contribution is 6.29. The first-order valence-corrected chi connectivity index (χ1v) is 6.22. The van der Waals surface area contributed by atoms with Crippen LogP contribution in [0.4, 0.5) is 0 Å². The van der Waals surface area contributed by atoms with E-state index in [4.69, 9.17) is 11.6 Å². The van der Waals surface area contributed by atoms with Gasteiger partial charge in [0.1, 0.15) is 0 Å². The molecule has 4 heteroatoms. The summed E-state index contributed by atoms with van der Waals surface area (Å²) < 4.78 is 0. The Balaban J connectivity index is 1.95. The Morgan fingerprint density at radius 2 is 1.37 bits per heavy atom. The van der Waals surface area contributed by atoms with E-state index in [-0.39, 0.29) is 0 Å². The highest BCUT2D eigenvalue weighted by Crippen LogP contribution is 2.22. The molecule has 0 saturated carbocycles. The van der Waals surface area contributed by atoms with E-state index in [1.807, 2.05) is 42.5 Å². The second-order valence-corrected chi connectivity index (χ2v) is 4.43. The summed E-state index contributed by atoms with van der Waals surface area (Å²) in [5.41, 5.74) is 3.23. The minimum absolute atomic E-state index is 0.345. The zero-order chi connectivity index (χ0) is 13.1. The van der Waals surface area contributed by atoms with Crippen LogP contribution in [0.5, 0.6) is 0 Å². The number of benzene rings is 2. The summed E-state index contributed by atoms with van der Waals surface area (Å²) in [5, 5.41) is 8.11. The number of halogens is 1. The normalized spacial score (nSPS) is 10.4. The van der Waals surface area contributed by atoms with Crippen molar-refractivity contribution < 1.29 is 0 Å². The molecule has 0 aliphatic rings. The number of hydrogen-bond donors (Lipinski definition) is 0. The van der Waals surface area contributed by atoms with Gasteiger partial charge in [-0.2, -0.15) is 5.10 Å². The molecule has 0 spiro atoms. The molecule has 0 radical (unpaired) electrons. The van der Waals surface area contributed by atoms with Gasteiger partial charge in [-0.25, -0.2) is 4.98 Å². The number of aromatic nitrogens is 3. The van der Waals surface area contributed by atoms with Crippen LogP contribution in [0.25, 0.3) is 22.5 Å². The lowest BCUT2D eigenvalue weighted by atomic mass is 10.0. The first-order valence-electron chi connectivity index (χ1n) is 5.84. The van der Waals surface area contributed by atoms with Crippen molar-refractivity contribution >= 4 is 11.6 Å². The van der Waals surface area contributed by atoms with Crippen LogP contribution in [0.2, 0.25) is 5.15 Å². The van der Waals surface area contributed by atoms with E-state index in [0.717, 1.165) is 11.1 Å². The van der Waals surface area contributed by atoms with Gasteiger partial charge in [0.2, 0.25) is 0 Å². The van der Waals surface area contributed by atoms with Crippen molar-refractivity contribution in [3.8, 4) is 22.5 Å². The average molecular weight is 268 g/mol. The van der Waals surface area contributed by atoms with E-state index >= 15 is 0 Å². The van der Waals surface area contributed by atoms with Crippen LogP contribution in [0.3, 0.4) is 0 Å². The van der Waals surface area contributed by atoms with Gasteiger partial charge in [-0.1, -0.05) is 66.2 Å². The van der Waals surface area contributed by atoms with E-state index < -0.39 is 0 Å². The zero-order valence-electron chi connectivity index (χ0n) is 9.99. The average Bonchev–Trinajstić information content (AvgIpc) is 2.48. The van der Waals surface area contributed by atoms with Gasteiger partial charge < -0.3 is 0 Å². The predicted octanol–water partition coefficient (Wildman–Crippen LogP) is 3.86. The maximum absolute atomic E-state index is 5.81. The minimum atomic E-state index is 0.345. The van der Waals surface area contributed by atoms with Crippen LogP contribution in [-0.2, 0) is 0 Å². The molecule has 19 heavy (non-hydrogen) atoms. The molecule has 0 atom stereocenters. The van der Waals surface area contributed by atoms with Gasteiger partial charge in [-0.05, 0) is 11.1 Å². The van der Waals surface area contributed by atoms with Crippen molar-refractivity contribution in [2.45, 2.75) is 0 Å². The lowest BCUT2D eigenvalue weighted by Gasteiger charge is -2.03. The van der Waals surface area contributed by atoms with Crippen LogP contribution in [0.15, 0.2) is 60.8 Å². The van der Waals surface area contributed by atoms with Crippen molar-refractivity contribution in [3.05, 3.63) is 65.9 Å². The summed E-state index contributed by atoms with van der Waals surface area (Å²) in [6.07, 6.45) is 1.42. The quantitative estimate of drug-likeness (QED) is 0.708. The molecule has 2 aromatic carbocycles. The number of rotatable bonds is 2. The maximum atomic E-state index is 5.81. The highest BCUT2D eigenvalue weighted by atomic mass is 35.5. The van der Waals surface area contributed by atoms with E-state index in [1.54, 1.807) is 0 Å². The molecule has 3 aromatic rings. The molecular weight excluding hydrogens is 258 g/mol. The molecule has 3 nitrogen and oxygen atoms in total. The Kier molecular flexibility index (Phi) is 3.21. The smallest absolute Gasteiger partial charge is 0.183 e. The molecule has 0 aliphatic carbocycles. The highest BCUT2D eigenvalue weighted by Gasteiger charge is 2.03. The van der Waals surface area contributed by atoms with Crippen molar-refractivity contribution in [2.24, 2.45) is 0 Å². The standard InChI is InChI=1S/C15H10ClN3/c16-14-10-17-19-15(18-14)13-8-6-12(7-9-13)11-4-2-1-3-5-11/h1-10H. The largest absolute Gasteiger partial charge is 0.213 e. The fourth-order valence-electron chi connectivity index (χ4n) is 1.85. The summed E-state index contributed by atoms with van der Waals surface area (Å²) in [5.74, 6) is 0.534. The van der Waals surface area contributed by atoms with Crippen LogP contribution in [-0.4, -0.2) is 15.2 Å². The summed E-state index contributed by atoms with van der Waals surface area (Å²) in [6, 6.07) is 18.2. The molecule has 1 heterocycles. The summed E-state index contributed by atoms with van der Waals surface area (Å²) in [7, 11) is 0. The van der Waals surface area contributed by atoms with Gasteiger partial charge in [0.05, 0.1) is 6.20 Å². The topological polar surface area (TPSA) is 38.7 Å². The molecule has 92 valence electrons. The SMILES string of the molecule is Clc1cnnc(-c2ccc(-c3ccccc3)cc2)n1. The number of hydrogen-bond acceptors (Lipinski definition) is 3. The molecule has 0 N–H and O–H groups in total. The van der Waals surface area contributed by atoms with E-state index in [0.29, 0.717) is 11.0 Å². The summed E-state index contributed by atoms with van der Waals surface area (Å²) in [4.78, 5) is 4.14. The third-order valence-corrected chi connectivity index (χ3v) is 2.96. The first-order chi connectivity index (χ1) is 9.33. The third-order valence-electron chi connectivity index (χ3n) is 2.78. The van der Waals surface area contributed by atoms with Crippen LogP contribution in [0, 0.1) is 0 Å². The van der Waals surface area contributed by atoms with Gasteiger partial charge in [0, 0.05) is 5.56 Å². The van der Waals surface area contributed by atoms with Crippen molar-refractivity contribution in [2.75, 3.05) is 0 Å². The third kappa shape index (κ3) is 2.61. The molecule has 0 aliphatic heterocycles. The minimum Gasteiger partial charge on any atom is -0.213 e. The van der Waals surface area contributed by atoms with Crippen molar-refractivity contribution in [1.29, 1.82) is 0 Å². The Bertz CT molecular complexity index is 681. The predicted molar refractivity (Wildman–Crippen MR) is 75.7 cm³/mol. The Labute approximate surface area is 115 Å².